The molecule has 8 nitrogen and oxygen atoms in total. The van der Waals surface area contributed by atoms with E-state index in [1.165, 1.54) is 12.4 Å². The number of unbranched alkanes of at least 4 members (excludes halogenated alkanes) is 1. The Labute approximate surface area is 200 Å². The Morgan fingerprint density at radius 1 is 1.15 bits per heavy atom. The summed E-state index contributed by atoms with van der Waals surface area (Å²) in [6, 6.07) is 14.0. The molecule has 2 aromatic carbocycles. The van der Waals surface area contributed by atoms with E-state index in [2.05, 4.69) is 15.3 Å². The largest absolute Gasteiger partial charge is 0.465 e. The second-order valence-corrected chi connectivity index (χ2v) is 8.12. The van der Waals surface area contributed by atoms with Gasteiger partial charge in [0.25, 0.3) is 0 Å². The highest BCUT2D eigenvalue weighted by molar-refractivity contribution is 6.31. The lowest BCUT2D eigenvalue weighted by atomic mass is 10.1. The first-order valence-electron chi connectivity index (χ1n) is 10.7. The Bertz CT molecular complexity index is 1310. The SMILES string of the molecule is Nc1ncnc2ccc(-c3ccc(CN(CCCCNC(=O)O)c4ccc(F)c(Cl)c4)o3)cc12. The lowest BCUT2D eigenvalue weighted by molar-refractivity contribution is 0.194. The van der Waals surface area contributed by atoms with Gasteiger partial charge in [0.1, 0.15) is 29.5 Å². The highest BCUT2D eigenvalue weighted by Gasteiger charge is 2.14. The number of rotatable bonds is 9. The Balaban J connectivity index is 1.52. The highest BCUT2D eigenvalue weighted by atomic mass is 35.5. The predicted molar refractivity (Wildman–Crippen MR) is 129 cm³/mol. The summed E-state index contributed by atoms with van der Waals surface area (Å²) in [5.41, 5.74) is 8.32. The summed E-state index contributed by atoms with van der Waals surface area (Å²) in [5, 5.41) is 11.9. The average molecular weight is 484 g/mol. The van der Waals surface area contributed by atoms with Gasteiger partial charge in [-0.15, -0.1) is 0 Å². The zero-order chi connectivity index (χ0) is 24.1. The second kappa shape index (κ2) is 10.4. The molecule has 0 aliphatic heterocycles. The van der Waals surface area contributed by atoms with Crippen LogP contribution in [0.1, 0.15) is 18.6 Å². The van der Waals surface area contributed by atoms with Crippen LogP contribution in [-0.4, -0.2) is 34.3 Å². The lowest BCUT2D eigenvalue weighted by Crippen LogP contribution is -2.26. The average Bonchev–Trinajstić information content (AvgIpc) is 3.28. The third-order valence-electron chi connectivity index (χ3n) is 5.36. The molecule has 0 spiro atoms. The zero-order valence-corrected chi connectivity index (χ0v) is 18.9. The second-order valence-electron chi connectivity index (χ2n) is 7.72. The fourth-order valence-corrected chi connectivity index (χ4v) is 3.81. The van der Waals surface area contributed by atoms with Crippen LogP contribution in [0.15, 0.2) is 59.3 Å². The van der Waals surface area contributed by atoms with Crippen molar-refractivity contribution in [3.05, 3.63) is 71.5 Å². The molecule has 0 radical (unpaired) electrons. The van der Waals surface area contributed by atoms with Crippen molar-refractivity contribution in [1.29, 1.82) is 0 Å². The van der Waals surface area contributed by atoms with Crippen LogP contribution in [0.4, 0.5) is 20.7 Å². The van der Waals surface area contributed by atoms with Crippen LogP contribution in [-0.2, 0) is 6.54 Å². The maximum Gasteiger partial charge on any atom is 0.404 e. The number of carbonyl (C=O) groups is 1. The van der Waals surface area contributed by atoms with Crippen molar-refractivity contribution in [3.63, 3.8) is 0 Å². The van der Waals surface area contributed by atoms with E-state index in [0.29, 0.717) is 49.8 Å². The summed E-state index contributed by atoms with van der Waals surface area (Å²) in [6.07, 6.45) is 1.75. The molecular weight excluding hydrogens is 461 g/mol. The van der Waals surface area contributed by atoms with E-state index < -0.39 is 11.9 Å². The van der Waals surface area contributed by atoms with Crippen molar-refractivity contribution in [2.24, 2.45) is 0 Å². The number of fused-ring (bicyclic) bond motifs is 1. The number of nitrogens with zero attached hydrogens (tertiary/aromatic N) is 3. The summed E-state index contributed by atoms with van der Waals surface area (Å²) >= 11 is 6.00. The lowest BCUT2D eigenvalue weighted by Gasteiger charge is -2.24. The maximum atomic E-state index is 13.7. The zero-order valence-electron chi connectivity index (χ0n) is 18.2. The third kappa shape index (κ3) is 5.55. The predicted octanol–water partition coefficient (Wildman–Crippen LogP) is 5.32. The van der Waals surface area contributed by atoms with Crippen molar-refractivity contribution in [2.45, 2.75) is 19.4 Å². The molecule has 0 aliphatic rings. The normalized spacial score (nSPS) is 11.0. The first-order chi connectivity index (χ1) is 16.4. The number of hydrogen-bond donors (Lipinski definition) is 3. The van der Waals surface area contributed by atoms with E-state index in [-0.39, 0.29) is 5.02 Å². The van der Waals surface area contributed by atoms with Gasteiger partial charge in [0.2, 0.25) is 0 Å². The Morgan fingerprint density at radius 3 is 2.79 bits per heavy atom. The number of anilines is 2. The minimum absolute atomic E-state index is 0.0335. The van der Waals surface area contributed by atoms with Crippen LogP contribution in [0.2, 0.25) is 5.02 Å². The molecule has 1 amide bonds. The monoisotopic (exact) mass is 483 g/mol. The molecule has 2 aromatic heterocycles. The van der Waals surface area contributed by atoms with Crippen LogP contribution in [0.25, 0.3) is 22.2 Å². The molecule has 2 heterocycles. The number of aromatic nitrogens is 2. The summed E-state index contributed by atoms with van der Waals surface area (Å²) in [4.78, 5) is 20.9. The molecule has 4 rings (SSSR count). The molecule has 0 aliphatic carbocycles. The smallest absolute Gasteiger partial charge is 0.404 e. The van der Waals surface area contributed by atoms with Crippen LogP contribution in [0.5, 0.6) is 0 Å². The number of amides is 1. The summed E-state index contributed by atoms with van der Waals surface area (Å²) in [6.45, 7) is 1.38. The molecule has 0 saturated carbocycles. The summed E-state index contributed by atoms with van der Waals surface area (Å²) in [5.74, 6) is 1.28. The van der Waals surface area contributed by atoms with Gasteiger partial charge >= 0.3 is 6.09 Å². The number of nitrogen functional groups attached to an aromatic ring is 1. The molecule has 34 heavy (non-hydrogen) atoms. The van der Waals surface area contributed by atoms with Crippen LogP contribution >= 0.6 is 11.6 Å². The minimum Gasteiger partial charge on any atom is -0.465 e. The van der Waals surface area contributed by atoms with Crippen molar-refractivity contribution in [3.8, 4) is 11.3 Å². The van der Waals surface area contributed by atoms with Crippen molar-refractivity contribution in [1.82, 2.24) is 15.3 Å². The number of nitrogens with two attached hydrogens (primary N) is 1. The fourth-order valence-electron chi connectivity index (χ4n) is 3.64. The van der Waals surface area contributed by atoms with Crippen molar-refractivity contribution in [2.75, 3.05) is 23.7 Å². The van der Waals surface area contributed by atoms with Crippen LogP contribution in [0, 0.1) is 5.82 Å². The highest BCUT2D eigenvalue weighted by Crippen LogP contribution is 2.29. The molecule has 0 saturated heterocycles. The first kappa shape index (κ1) is 23.3. The van der Waals surface area contributed by atoms with Crippen molar-refractivity contribution >= 4 is 40.1 Å². The fraction of sp³-hybridized carbons (Fsp3) is 0.208. The molecule has 10 heteroatoms. The number of furan rings is 1. The summed E-state index contributed by atoms with van der Waals surface area (Å²) < 4.78 is 19.8. The molecule has 176 valence electrons. The topological polar surface area (TPSA) is 118 Å². The molecule has 0 unspecified atom stereocenters. The summed E-state index contributed by atoms with van der Waals surface area (Å²) in [7, 11) is 0. The van der Waals surface area contributed by atoms with Crippen LogP contribution in [0.3, 0.4) is 0 Å². The first-order valence-corrected chi connectivity index (χ1v) is 11.0. The van der Waals surface area contributed by atoms with Gasteiger partial charge < -0.3 is 25.5 Å². The number of halogens is 2. The standard InChI is InChI=1S/C24H23ClFN5O3/c25-19-12-16(4-6-20(19)26)31(10-2-1-9-28-24(32)33)13-17-5-8-22(34-17)15-3-7-21-18(11-15)23(27)30-14-29-21/h3-8,11-12,14,28H,1-2,9-10,13H2,(H,32,33)(H2,27,29,30). The molecule has 0 atom stereocenters. The minimum atomic E-state index is -1.05. The Kier molecular flexibility index (Phi) is 7.12. The van der Waals surface area contributed by atoms with Crippen LogP contribution < -0.4 is 16.0 Å². The maximum absolute atomic E-state index is 13.7. The van der Waals surface area contributed by atoms with E-state index in [1.54, 1.807) is 12.1 Å². The van der Waals surface area contributed by atoms with Gasteiger partial charge in [-0.25, -0.2) is 19.2 Å². The van der Waals surface area contributed by atoms with Gasteiger partial charge in [0.05, 0.1) is 17.1 Å². The Morgan fingerprint density at radius 2 is 2.00 bits per heavy atom. The molecule has 4 N–H and O–H groups in total. The van der Waals surface area contributed by atoms with Gasteiger partial charge in [0, 0.05) is 29.7 Å². The van der Waals surface area contributed by atoms with E-state index in [4.69, 9.17) is 26.9 Å². The van der Waals surface area contributed by atoms with E-state index in [0.717, 1.165) is 22.2 Å². The number of carboxylic acid groups (broad SMARTS) is 1. The van der Waals surface area contributed by atoms with Gasteiger partial charge in [-0.05, 0) is 61.4 Å². The number of benzene rings is 2. The molecule has 0 bridgehead atoms. The van der Waals surface area contributed by atoms with Crippen molar-refractivity contribution < 1.29 is 18.7 Å². The van der Waals surface area contributed by atoms with Gasteiger partial charge in [-0.2, -0.15) is 0 Å². The van der Waals surface area contributed by atoms with Gasteiger partial charge in [0.15, 0.2) is 0 Å². The van der Waals surface area contributed by atoms with Gasteiger partial charge in [-0.3, -0.25) is 0 Å². The molecule has 0 fully saturated rings. The van der Waals surface area contributed by atoms with E-state index >= 15 is 0 Å². The van der Waals surface area contributed by atoms with Gasteiger partial charge in [-0.1, -0.05) is 11.6 Å². The molecule has 4 aromatic rings. The Hall–Kier alpha value is -3.85. The van der Waals surface area contributed by atoms with E-state index in [1.807, 2.05) is 35.2 Å². The van der Waals surface area contributed by atoms with E-state index in [9.17, 15) is 9.18 Å². The molecular formula is C24H23ClFN5O3. The number of nitrogens with one attached hydrogen (secondary N) is 1. The number of hydrogen-bond acceptors (Lipinski definition) is 6. The quantitative estimate of drug-likeness (QED) is 0.276. The third-order valence-corrected chi connectivity index (χ3v) is 5.65.